The van der Waals surface area contributed by atoms with Crippen LogP contribution in [0.25, 0.3) is 0 Å². The molecule has 0 saturated heterocycles. The van der Waals surface area contributed by atoms with Crippen LogP contribution >= 0.6 is 23.2 Å². The Hall–Kier alpha value is -1.59. The Bertz CT molecular complexity index is 547. The summed E-state index contributed by atoms with van der Waals surface area (Å²) in [4.78, 5) is 33.9. The summed E-state index contributed by atoms with van der Waals surface area (Å²) < 4.78 is 0. The fourth-order valence-electron chi connectivity index (χ4n) is 1.50. The van der Waals surface area contributed by atoms with E-state index in [1.165, 1.54) is 13.0 Å². The van der Waals surface area contributed by atoms with Crippen LogP contribution in [0.3, 0.4) is 0 Å². The van der Waals surface area contributed by atoms with Gasteiger partial charge in [-0.1, -0.05) is 23.2 Å². The first kappa shape index (κ1) is 17.5. The molecule has 0 fully saturated rings. The molecule has 0 bridgehead atoms. The number of carbonyl (C=O) groups is 3. The van der Waals surface area contributed by atoms with Gasteiger partial charge in [0.1, 0.15) is 5.78 Å². The lowest BCUT2D eigenvalue weighted by Gasteiger charge is -2.07. The van der Waals surface area contributed by atoms with Gasteiger partial charge in [-0.2, -0.15) is 0 Å². The minimum Gasteiger partial charge on any atom is -0.354 e. The third-order valence-electron chi connectivity index (χ3n) is 2.62. The normalized spacial score (nSPS) is 10.0. The van der Waals surface area contributed by atoms with Crippen LogP contribution < -0.4 is 10.6 Å². The molecule has 0 aliphatic rings. The molecule has 2 amide bonds. The van der Waals surface area contributed by atoms with Crippen molar-refractivity contribution >= 4 is 40.8 Å². The lowest BCUT2D eigenvalue weighted by Crippen LogP contribution is -2.34. The van der Waals surface area contributed by atoms with Gasteiger partial charge in [0.15, 0.2) is 0 Å². The summed E-state index contributed by atoms with van der Waals surface area (Å²) >= 11 is 11.6. The number of halogens is 2. The lowest BCUT2D eigenvalue weighted by atomic mass is 10.2. The molecule has 1 aromatic rings. The number of rotatable bonds is 7. The molecule has 2 N–H and O–H groups in total. The van der Waals surface area contributed by atoms with Gasteiger partial charge in [0.2, 0.25) is 5.91 Å². The van der Waals surface area contributed by atoms with Crippen molar-refractivity contribution in [1.29, 1.82) is 0 Å². The summed E-state index contributed by atoms with van der Waals surface area (Å²) in [6.45, 7) is 2.01. The third-order valence-corrected chi connectivity index (χ3v) is 3.36. The largest absolute Gasteiger partial charge is 0.354 e. The summed E-state index contributed by atoms with van der Waals surface area (Å²) in [7, 11) is 0. The molecule has 0 atom stereocenters. The van der Waals surface area contributed by atoms with E-state index in [1.807, 2.05) is 0 Å². The first-order chi connectivity index (χ1) is 9.90. The fraction of sp³-hybridized carbons (Fsp3) is 0.357. The van der Waals surface area contributed by atoms with E-state index in [1.54, 1.807) is 12.1 Å². The van der Waals surface area contributed by atoms with Gasteiger partial charge < -0.3 is 15.4 Å². The van der Waals surface area contributed by atoms with Gasteiger partial charge in [-0.3, -0.25) is 9.59 Å². The minimum atomic E-state index is -0.299. The van der Waals surface area contributed by atoms with E-state index in [-0.39, 0.29) is 37.0 Å². The van der Waals surface area contributed by atoms with E-state index in [9.17, 15) is 14.4 Å². The molecule has 5 nitrogen and oxygen atoms in total. The highest BCUT2D eigenvalue weighted by Gasteiger charge is 2.08. The Balaban J connectivity index is 2.29. The third kappa shape index (κ3) is 6.60. The summed E-state index contributed by atoms with van der Waals surface area (Å²) in [5, 5.41) is 5.94. The highest BCUT2D eigenvalue weighted by molar-refractivity contribution is 6.42. The van der Waals surface area contributed by atoms with E-state index >= 15 is 0 Å². The van der Waals surface area contributed by atoms with Gasteiger partial charge in [-0.05, 0) is 25.1 Å². The molecule has 0 aromatic heterocycles. The molecule has 0 spiro atoms. The molecule has 0 unspecified atom stereocenters. The molecule has 21 heavy (non-hydrogen) atoms. The Labute approximate surface area is 133 Å². The average Bonchev–Trinajstić information content (AvgIpc) is 2.44. The number of ketones is 1. The predicted octanol–water partition coefficient (Wildman–Crippen LogP) is 2.21. The van der Waals surface area contributed by atoms with Crippen LogP contribution in [-0.4, -0.2) is 30.7 Å². The number of amides is 2. The number of carbonyl (C=O) groups excluding carboxylic acids is 3. The van der Waals surface area contributed by atoms with Gasteiger partial charge >= 0.3 is 0 Å². The maximum atomic E-state index is 11.8. The van der Waals surface area contributed by atoms with Gasteiger partial charge in [-0.15, -0.1) is 0 Å². The van der Waals surface area contributed by atoms with Gasteiger partial charge in [0.05, 0.1) is 10.0 Å². The van der Waals surface area contributed by atoms with E-state index in [4.69, 9.17) is 23.2 Å². The smallest absolute Gasteiger partial charge is 0.251 e. The van der Waals surface area contributed by atoms with Crippen molar-refractivity contribution in [2.45, 2.75) is 19.8 Å². The Kier molecular flexibility index (Phi) is 7.19. The van der Waals surface area contributed by atoms with Gasteiger partial charge in [-0.25, -0.2) is 0 Å². The van der Waals surface area contributed by atoms with Crippen LogP contribution in [0.5, 0.6) is 0 Å². The van der Waals surface area contributed by atoms with Crippen molar-refractivity contribution in [2.75, 3.05) is 13.1 Å². The van der Waals surface area contributed by atoms with Crippen LogP contribution in [0.15, 0.2) is 18.2 Å². The fourth-order valence-corrected chi connectivity index (χ4v) is 1.79. The van der Waals surface area contributed by atoms with Gasteiger partial charge in [0.25, 0.3) is 5.91 Å². The average molecular weight is 331 g/mol. The highest BCUT2D eigenvalue weighted by atomic mass is 35.5. The minimum absolute atomic E-state index is 0.0296. The van der Waals surface area contributed by atoms with Crippen molar-refractivity contribution in [1.82, 2.24) is 10.6 Å². The van der Waals surface area contributed by atoms with E-state index in [0.29, 0.717) is 22.2 Å². The highest BCUT2D eigenvalue weighted by Crippen LogP contribution is 2.22. The maximum Gasteiger partial charge on any atom is 0.251 e. The monoisotopic (exact) mass is 330 g/mol. The number of nitrogens with one attached hydrogen (secondary N) is 2. The van der Waals surface area contributed by atoms with E-state index in [2.05, 4.69) is 10.6 Å². The van der Waals surface area contributed by atoms with Crippen molar-refractivity contribution < 1.29 is 14.4 Å². The van der Waals surface area contributed by atoms with Crippen molar-refractivity contribution in [3.8, 4) is 0 Å². The van der Waals surface area contributed by atoms with Crippen LogP contribution in [-0.2, 0) is 9.59 Å². The molecular formula is C14H16Cl2N2O3. The summed E-state index contributed by atoms with van der Waals surface area (Å²) in [6, 6.07) is 4.59. The number of Topliss-reactive ketones (excluding diaryl/α,β-unsaturated/α-hetero) is 1. The number of hydrogen-bond acceptors (Lipinski definition) is 3. The molecule has 7 heteroatoms. The van der Waals surface area contributed by atoms with Crippen LogP contribution in [0.1, 0.15) is 30.1 Å². The molecule has 0 aliphatic carbocycles. The maximum absolute atomic E-state index is 11.8. The zero-order chi connectivity index (χ0) is 15.8. The van der Waals surface area contributed by atoms with Crippen molar-refractivity contribution in [2.24, 2.45) is 0 Å². The second-order valence-corrected chi connectivity index (χ2v) is 5.25. The standard InChI is InChI=1S/C14H16Cl2N2O3/c1-9(19)2-5-13(20)17-6-7-18-14(21)10-3-4-11(15)12(16)8-10/h3-4,8H,2,5-7H2,1H3,(H,17,20)(H,18,21). The SMILES string of the molecule is CC(=O)CCC(=O)NCCNC(=O)c1ccc(Cl)c(Cl)c1. The predicted molar refractivity (Wildman–Crippen MR) is 81.7 cm³/mol. The Morgan fingerprint density at radius 1 is 1.00 bits per heavy atom. The van der Waals surface area contributed by atoms with Crippen LogP contribution in [0.4, 0.5) is 0 Å². The van der Waals surface area contributed by atoms with Gasteiger partial charge in [0, 0.05) is 31.5 Å². The molecule has 0 aliphatic heterocycles. The number of benzene rings is 1. The summed E-state index contributed by atoms with van der Waals surface area (Å²) in [5.74, 6) is -0.543. The molecule has 1 rings (SSSR count). The molecule has 114 valence electrons. The number of hydrogen-bond donors (Lipinski definition) is 2. The molecule has 0 heterocycles. The second kappa shape index (κ2) is 8.64. The first-order valence-electron chi connectivity index (χ1n) is 6.39. The second-order valence-electron chi connectivity index (χ2n) is 4.44. The van der Waals surface area contributed by atoms with Crippen molar-refractivity contribution in [3.05, 3.63) is 33.8 Å². The quantitative estimate of drug-likeness (QED) is 0.752. The molecule has 0 radical (unpaired) electrons. The van der Waals surface area contributed by atoms with E-state index in [0.717, 1.165) is 0 Å². The zero-order valence-corrected chi connectivity index (χ0v) is 13.1. The topological polar surface area (TPSA) is 75.3 Å². The van der Waals surface area contributed by atoms with Crippen molar-refractivity contribution in [3.63, 3.8) is 0 Å². The Morgan fingerprint density at radius 3 is 2.29 bits per heavy atom. The molecule has 0 saturated carbocycles. The molecular weight excluding hydrogens is 315 g/mol. The van der Waals surface area contributed by atoms with Crippen LogP contribution in [0, 0.1) is 0 Å². The first-order valence-corrected chi connectivity index (χ1v) is 7.15. The van der Waals surface area contributed by atoms with E-state index < -0.39 is 0 Å². The molecule has 1 aromatic carbocycles. The lowest BCUT2D eigenvalue weighted by molar-refractivity contribution is -0.124. The zero-order valence-electron chi connectivity index (χ0n) is 11.5. The van der Waals surface area contributed by atoms with Crippen LogP contribution in [0.2, 0.25) is 10.0 Å². The Morgan fingerprint density at radius 2 is 1.67 bits per heavy atom. The summed E-state index contributed by atoms with van der Waals surface area (Å²) in [6.07, 6.45) is 0.386. The summed E-state index contributed by atoms with van der Waals surface area (Å²) in [5.41, 5.74) is 0.396.